The number of nitrogens with zero attached hydrogens (tertiary/aromatic N) is 4. The van der Waals surface area contributed by atoms with Crippen LogP contribution in [0, 0.1) is 0 Å². The van der Waals surface area contributed by atoms with Crippen LogP contribution in [0.3, 0.4) is 0 Å². The van der Waals surface area contributed by atoms with Crippen LogP contribution in [0.4, 0.5) is 0 Å². The van der Waals surface area contributed by atoms with Crippen LogP contribution in [0.25, 0.3) is 11.3 Å². The van der Waals surface area contributed by atoms with Crippen molar-refractivity contribution >= 4 is 5.91 Å². The van der Waals surface area contributed by atoms with Gasteiger partial charge in [-0.3, -0.25) is 14.5 Å². The van der Waals surface area contributed by atoms with E-state index in [1.165, 1.54) is 0 Å². The molecule has 2 N–H and O–H groups in total. The van der Waals surface area contributed by atoms with Gasteiger partial charge in [-0.25, -0.2) is 0 Å². The van der Waals surface area contributed by atoms with Gasteiger partial charge in [0.2, 0.25) is 5.91 Å². The molecule has 8 nitrogen and oxygen atoms in total. The number of carbonyl (C=O) groups excluding carboxylic acids is 1. The van der Waals surface area contributed by atoms with E-state index in [4.69, 9.17) is 4.74 Å². The minimum atomic E-state index is -0.592. The number of ether oxygens (including phenoxy) is 1. The van der Waals surface area contributed by atoms with Gasteiger partial charge < -0.3 is 20.1 Å². The Labute approximate surface area is 176 Å². The Bertz CT molecular complexity index is 925. The Hall–Kier alpha value is -3.23. The van der Waals surface area contributed by atoms with E-state index in [1.54, 1.807) is 48.3 Å². The zero-order chi connectivity index (χ0) is 21.3. The van der Waals surface area contributed by atoms with Crippen molar-refractivity contribution in [1.82, 2.24) is 25.0 Å². The molecule has 158 valence electrons. The second kappa shape index (κ2) is 10.5. The van der Waals surface area contributed by atoms with E-state index in [9.17, 15) is 9.90 Å². The fourth-order valence-electron chi connectivity index (χ4n) is 2.78. The lowest BCUT2D eigenvalue weighted by Gasteiger charge is -2.12. The summed E-state index contributed by atoms with van der Waals surface area (Å²) in [4.78, 5) is 17.3. The zero-order valence-corrected chi connectivity index (χ0v) is 17.2. The highest BCUT2D eigenvalue weighted by Gasteiger charge is 2.09. The Morgan fingerprint density at radius 1 is 1.23 bits per heavy atom. The predicted molar refractivity (Wildman–Crippen MR) is 114 cm³/mol. The smallest absolute Gasteiger partial charge is 0.243 e. The zero-order valence-electron chi connectivity index (χ0n) is 17.2. The Balaban J connectivity index is 1.41. The number of aliphatic hydroxyl groups excluding tert-OH is 1. The molecule has 0 aliphatic rings. The van der Waals surface area contributed by atoms with Gasteiger partial charge in [0.15, 0.2) is 0 Å². The van der Waals surface area contributed by atoms with Crippen LogP contribution < -0.4 is 10.1 Å². The third kappa shape index (κ3) is 6.13. The summed E-state index contributed by atoms with van der Waals surface area (Å²) in [5.74, 6) is 0.755. The highest BCUT2D eigenvalue weighted by atomic mass is 16.5. The lowest BCUT2D eigenvalue weighted by atomic mass is 10.1. The van der Waals surface area contributed by atoms with Gasteiger partial charge >= 0.3 is 0 Å². The number of hydrogen-bond donors (Lipinski definition) is 2. The first kappa shape index (κ1) is 21.5. The van der Waals surface area contributed by atoms with Crippen LogP contribution in [0.2, 0.25) is 0 Å². The fraction of sp³-hybridized carbons (Fsp3) is 0.318. The molecule has 0 spiro atoms. The van der Waals surface area contributed by atoms with E-state index >= 15 is 0 Å². The Morgan fingerprint density at radius 3 is 2.73 bits per heavy atom. The maximum atomic E-state index is 11.8. The summed E-state index contributed by atoms with van der Waals surface area (Å²) in [6, 6.07) is 13.2. The lowest BCUT2D eigenvalue weighted by molar-refractivity contribution is -0.129. The minimum Gasteiger partial charge on any atom is -0.492 e. The van der Waals surface area contributed by atoms with E-state index in [0.717, 1.165) is 22.6 Å². The first-order chi connectivity index (χ1) is 14.5. The molecule has 1 aromatic carbocycles. The maximum Gasteiger partial charge on any atom is 0.243 e. The van der Waals surface area contributed by atoms with Gasteiger partial charge in [-0.05, 0) is 36.4 Å². The molecule has 0 bridgehead atoms. The quantitative estimate of drug-likeness (QED) is 0.496. The number of aromatic nitrogens is 3. The van der Waals surface area contributed by atoms with Gasteiger partial charge in [-0.2, -0.15) is 5.10 Å². The number of amides is 1. The molecule has 1 amide bonds. The van der Waals surface area contributed by atoms with Crippen LogP contribution in [0.1, 0.15) is 11.7 Å². The number of likely N-dealkylation sites (N-methyl/N-ethyl adjacent to an activating group) is 1. The molecule has 3 aromatic rings. The number of hydrogen-bond acceptors (Lipinski definition) is 6. The van der Waals surface area contributed by atoms with Crippen molar-refractivity contribution in [3.05, 3.63) is 66.6 Å². The normalized spacial score (nSPS) is 11.8. The first-order valence-electron chi connectivity index (χ1n) is 9.78. The predicted octanol–water partition coefficient (Wildman–Crippen LogP) is 1.74. The third-order valence-electron chi connectivity index (χ3n) is 4.54. The second-order valence-electron chi connectivity index (χ2n) is 7.07. The minimum absolute atomic E-state index is 0.00467. The molecule has 3 rings (SSSR count). The van der Waals surface area contributed by atoms with Gasteiger partial charge in [0.1, 0.15) is 18.9 Å². The van der Waals surface area contributed by atoms with Crippen molar-refractivity contribution < 1.29 is 14.6 Å². The van der Waals surface area contributed by atoms with Gasteiger partial charge in [0.25, 0.3) is 0 Å². The van der Waals surface area contributed by atoms with Gasteiger partial charge in [0, 0.05) is 56.9 Å². The van der Waals surface area contributed by atoms with E-state index in [0.29, 0.717) is 19.7 Å². The number of carbonyl (C=O) groups is 1. The average Bonchev–Trinajstić information content (AvgIpc) is 3.22. The molecule has 2 heterocycles. The highest BCUT2D eigenvalue weighted by molar-refractivity contribution is 5.75. The van der Waals surface area contributed by atoms with Crippen LogP contribution in [-0.2, 0) is 11.3 Å². The molecule has 8 heteroatoms. The Morgan fingerprint density at radius 2 is 2.03 bits per heavy atom. The molecular weight excluding hydrogens is 382 g/mol. The molecule has 0 radical (unpaired) electrons. The van der Waals surface area contributed by atoms with Gasteiger partial charge in [0.05, 0.1) is 11.8 Å². The summed E-state index contributed by atoms with van der Waals surface area (Å²) in [7, 11) is 3.45. The van der Waals surface area contributed by atoms with Crippen LogP contribution in [0.5, 0.6) is 5.75 Å². The molecule has 0 aliphatic heterocycles. The largest absolute Gasteiger partial charge is 0.492 e. The number of aliphatic hydroxyl groups is 1. The van der Waals surface area contributed by atoms with Gasteiger partial charge in [-0.15, -0.1) is 0 Å². The molecule has 0 saturated heterocycles. The summed E-state index contributed by atoms with van der Waals surface area (Å²) in [5.41, 5.74) is 2.55. The number of nitrogens with one attached hydrogen (secondary N) is 1. The van der Waals surface area contributed by atoms with Gasteiger partial charge in [-0.1, -0.05) is 6.07 Å². The Kier molecular flexibility index (Phi) is 7.53. The summed E-state index contributed by atoms with van der Waals surface area (Å²) in [5, 5.41) is 17.7. The molecule has 0 fully saturated rings. The summed E-state index contributed by atoms with van der Waals surface area (Å²) < 4.78 is 7.37. The molecule has 0 aliphatic carbocycles. The first-order valence-corrected chi connectivity index (χ1v) is 9.78. The summed E-state index contributed by atoms with van der Waals surface area (Å²) >= 11 is 0. The molecule has 1 atom stereocenters. The SMILES string of the molecule is CN(C)C(=O)Cn1ccc(-c2ccc(OCCNC[C@@H](O)c3cccnc3)cc2)n1. The topological polar surface area (TPSA) is 92.5 Å². The number of rotatable bonds is 10. The monoisotopic (exact) mass is 409 g/mol. The van der Waals surface area contributed by atoms with Crippen molar-refractivity contribution in [3.8, 4) is 17.0 Å². The van der Waals surface area contributed by atoms with Crippen LogP contribution >= 0.6 is 0 Å². The second-order valence-corrected chi connectivity index (χ2v) is 7.07. The molecule has 2 aromatic heterocycles. The van der Waals surface area contributed by atoms with Crippen molar-refractivity contribution in [2.24, 2.45) is 0 Å². The van der Waals surface area contributed by atoms with E-state index in [2.05, 4.69) is 15.4 Å². The van der Waals surface area contributed by atoms with Crippen molar-refractivity contribution in [1.29, 1.82) is 0 Å². The number of pyridine rings is 1. The van der Waals surface area contributed by atoms with E-state index < -0.39 is 6.10 Å². The summed E-state index contributed by atoms with van der Waals surface area (Å²) in [6.45, 7) is 1.76. The van der Waals surface area contributed by atoms with Crippen molar-refractivity contribution in [2.45, 2.75) is 12.6 Å². The van der Waals surface area contributed by atoms with Crippen molar-refractivity contribution in [3.63, 3.8) is 0 Å². The van der Waals surface area contributed by atoms with Crippen LogP contribution in [0.15, 0.2) is 61.1 Å². The maximum absolute atomic E-state index is 11.8. The van der Waals surface area contributed by atoms with E-state index in [1.807, 2.05) is 36.4 Å². The molecule has 0 saturated carbocycles. The molecular formula is C22H27N5O3. The van der Waals surface area contributed by atoms with Crippen molar-refractivity contribution in [2.75, 3.05) is 33.8 Å². The van der Waals surface area contributed by atoms with E-state index in [-0.39, 0.29) is 12.5 Å². The highest BCUT2D eigenvalue weighted by Crippen LogP contribution is 2.20. The standard InChI is InChI=1S/C22H27N5O3/c1-26(2)22(29)16-27-12-9-20(25-27)17-5-7-19(8-6-17)30-13-11-24-15-21(28)18-4-3-10-23-14-18/h3-10,12,14,21,24,28H,11,13,15-16H2,1-2H3/t21-/m1/s1. The molecule has 0 unspecified atom stereocenters. The summed E-state index contributed by atoms with van der Waals surface area (Å²) in [6.07, 6.45) is 4.55. The lowest BCUT2D eigenvalue weighted by Crippen LogP contribution is -2.26. The number of benzene rings is 1. The van der Waals surface area contributed by atoms with Crippen LogP contribution in [-0.4, -0.2) is 64.5 Å². The fourth-order valence-corrected chi connectivity index (χ4v) is 2.78. The average molecular weight is 409 g/mol. The molecule has 30 heavy (non-hydrogen) atoms. The third-order valence-corrected chi connectivity index (χ3v) is 4.54.